The Balaban J connectivity index is 0.00000129. The number of H-pyrrole nitrogens is 1. The van der Waals surface area contributed by atoms with E-state index in [1.807, 2.05) is 77.1 Å². The maximum absolute atomic E-state index is 11.7. The van der Waals surface area contributed by atoms with Crippen LogP contribution in [-0.2, 0) is 14.4 Å². The van der Waals surface area contributed by atoms with Gasteiger partial charge in [0.25, 0.3) is 0 Å². The summed E-state index contributed by atoms with van der Waals surface area (Å²) in [5, 5.41) is 13.9. The van der Waals surface area contributed by atoms with Crippen molar-refractivity contribution in [3.8, 4) is 17.7 Å². The number of aromatic nitrogens is 1. The molecule has 0 saturated carbocycles. The van der Waals surface area contributed by atoms with Gasteiger partial charge in [0.1, 0.15) is 13.6 Å². The van der Waals surface area contributed by atoms with Crippen molar-refractivity contribution < 1.29 is 19.5 Å². The van der Waals surface area contributed by atoms with Gasteiger partial charge in [0, 0.05) is 17.2 Å². The number of aliphatic imine (C=N–C) groups is 1. The molecule has 0 saturated heterocycles. The number of nitrogens with zero attached hydrogens (tertiary/aromatic N) is 2. The van der Waals surface area contributed by atoms with E-state index in [4.69, 9.17) is 9.59 Å². The number of benzene rings is 2. The lowest BCUT2D eigenvalue weighted by molar-refractivity contribution is -0.121. The first kappa shape index (κ1) is 26.8. The van der Waals surface area contributed by atoms with E-state index in [-0.39, 0.29) is 18.3 Å². The highest BCUT2D eigenvalue weighted by atomic mass is 16.3. The number of carbonyl (C=O) groups excluding carboxylic acids is 3. The molecule has 3 aromatic rings. The average Bonchev–Trinajstić information content (AvgIpc) is 3.13. The Morgan fingerprint density at radius 1 is 1.18 bits per heavy atom. The first-order valence-electron chi connectivity index (χ1n) is 9.86. The maximum atomic E-state index is 11.7. The molecule has 8 heteroatoms. The highest BCUT2D eigenvalue weighted by molar-refractivity contribution is 6.05. The predicted molar refractivity (Wildman–Crippen MR) is 131 cm³/mol. The quantitative estimate of drug-likeness (QED) is 0.410. The lowest BCUT2D eigenvalue weighted by Crippen LogP contribution is -2.33. The van der Waals surface area contributed by atoms with E-state index in [1.54, 1.807) is 11.1 Å². The molecule has 0 spiro atoms. The second-order valence-electron chi connectivity index (χ2n) is 7.03. The summed E-state index contributed by atoms with van der Waals surface area (Å²) >= 11 is 0. The number of nitrogens with one attached hydrogen (secondary N) is 2. The number of hydrogen-bond acceptors (Lipinski definition) is 6. The Hall–Kier alpha value is -4.22. The molecular weight excluding hydrogens is 420 g/mol. The van der Waals surface area contributed by atoms with Gasteiger partial charge in [-0.1, -0.05) is 30.0 Å². The van der Waals surface area contributed by atoms with Crippen LogP contribution in [0.1, 0.15) is 16.7 Å². The fourth-order valence-electron chi connectivity index (χ4n) is 2.96. The van der Waals surface area contributed by atoms with Gasteiger partial charge in [0.15, 0.2) is 5.88 Å². The van der Waals surface area contributed by atoms with Gasteiger partial charge >= 0.3 is 0 Å². The predicted octanol–water partition coefficient (Wildman–Crippen LogP) is 2.59. The summed E-state index contributed by atoms with van der Waals surface area (Å²) in [6.45, 7) is 6.59. The SMILES string of the molecule is C=O.C=O.Cc1cccc(N=Cc2c(O)[nH]c3cccc(C#CCNC(=O)CN(C)C)c23)c1. The molecule has 0 atom stereocenters. The van der Waals surface area contributed by atoms with E-state index in [2.05, 4.69) is 27.1 Å². The first-order valence-corrected chi connectivity index (χ1v) is 9.86. The lowest BCUT2D eigenvalue weighted by Gasteiger charge is -2.07. The molecule has 0 fully saturated rings. The minimum absolute atomic E-state index is 0.0462. The molecular formula is C25H28N4O4. The van der Waals surface area contributed by atoms with Crippen LogP contribution in [0.5, 0.6) is 5.88 Å². The number of rotatable bonds is 5. The van der Waals surface area contributed by atoms with Crippen molar-refractivity contribution in [2.75, 3.05) is 27.2 Å². The molecule has 0 aliphatic heterocycles. The molecule has 3 N–H and O–H groups in total. The first-order chi connectivity index (χ1) is 15.9. The van der Waals surface area contributed by atoms with Gasteiger partial charge in [0.05, 0.1) is 29.9 Å². The van der Waals surface area contributed by atoms with E-state index in [9.17, 15) is 9.90 Å². The fourth-order valence-corrected chi connectivity index (χ4v) is 2.96. The van der Waals surface area contributed by atoms with Gasteiger partial charge in [-0.15, -0.1) is 0 Å². The van der Waals surface area contributed by atoms with Crippen molar-refractivity contribution in [2.24, 2.45) is 4.99 Å². The van der Waals surface area contributed by atoms with E-state index >= 15 is 0 Å². The summed E-state index contributed by atoms with van der Waals surface area (Å²) in [6.07, 6.45) is 1.65. The van der Waals surface area contributed by atoms with Crippen molar-refractivity contribution in [1.82, 2.24) is 15.2 Å². The molecule has 2 aromatic carbocycles. The van der Waals surface area contributed by atoms with Crippen LogP contribution >= 0.6 is 0 Å². The molecule has 0 aliphatic carbocycles. The minimum Gasteiger partial charge on any atom is -0.494 e. The molecule has 1 aromatic heterocycles. The van der Waals surface area contributed by atoms with Crippen LogP contribution in [0.4, 0.5) is 5.69 Å². The maximum Gasteiger partial charge on any atom is 0.234 e. The summed E-state index contributed by atoms with van der Waals surface area (Å²) in [4.78, 5) is 37.0. The monoisotopic (exact) mass is 448 g/mol. The summed E-state index contributed by atoms with van der Waals surface area (Å²) in [6, 6.07) is 13.5. The number of amides is 1. The smallest absolute Gasteiger partial charge is 0.234 e. The number of fused-ring (bicyclic) bond motifs is 1. The number of hydrogen-bond donors (Lipinski definition) is 3. The Bertz CT molecular complexity index is 1150. The Morgan fingerprint density at radius 2 is 1.88 bits per heavy atom. The third-order valence-corrected chi connectivity index (χ3v) is 4.24. The number of aromatic amines is 1. The van der Waals surface area contributed by atoms with Gasteiger partial charge in [-0.2, -0.15) is 0 Å². The van der Waals surface area contributed by atoms with Crippen LogP contribution in [0.15, 0.2) is 47.5 Å². The molecule has 0 bridgehead atoms. The van der Waals surface area contributed by atoms with Crippen molar-refractivity contribution in [2.45, 2.75) is 6.92 Å². The second kappa shape index (κ2) is 14.0. The third-order valence-electron chi connectivity index (χ3n) is 4.24. The highest BCUT2D eigenvalue weighted by Crippen LogP contribution is 2.29. The molecule has 0 radical (unpaired) electrons. The number of aryl methyl sites for hydroxylation is 1. The van der Waals surface area contributed by atoms with Gasteiger partial charge < -0.3 is 29.9 Å². The van der Waals surface area contributed by atoms with Crippen molar-refractivity contribution in [3.63, 3.8) is 0 Å². The fraction of sp³-hybridized carbons (Fsp3) is 0.200. The van der Waals surface area contributed by atoms with E-state index in [1.165, 1.54) is 0 Å². The van der Waals surface area contributed by atoms with E-state index in [0.717, 1.165) is 27.7 Å². The third kappa shape index (κ3) is 8.09. The second-order valence-corrected chi connectivity index (χ2v) is 7.03. The average molecular weight is 449 g/mol. The normalized spacial score (nSPS) is 9.94. The zero-order valence-corrected chi connectivity index (χ0v) is 19.0. The van der Waals surface area contributed by atoms with E-state index in [0.29, 0.717) is 12.1 Å². The van der Waals surface area contributed by atoms with Gasteiger partial charge in [-0.3, -0.25) is 9.79 Å². The summed E-state index contributed by atoms with van der Waals surface area (Å²) in [5.74, 6) is 6.03. The molecule has 0 aliphatic rings. The van der Waals surface area contributed by atoms with Gasteiger partial charge in [-0.25, -0.2) is 0 Å². The minimum atomic E-state index is -0.0761. The summed E-state index contributed by atoms with van der Waals surface area (Å²) in [5.41, 5.74) is 4.04. The van der Waals surface area contributed by atoms with Gasteiger partial charge in [0.2, 0.25) is 5.91 Å². The van der Waals surface area contributed by atoms with Crippen LogP contribution in [0.3, 0.4) is 0 Å². The van der Waals surface area contributed by atoms with Crippen molar-refractivity contribution in [3.05, 3.63) is 59.2 Å². The van der Waals surface area contributed by atoms with Crippen molar-refractivity contribution in [1.29, 1.82) is 0 Å². The van der Waals surface area contributed by atoms with Crippen LogP contribution in [0.2, 0.25) is 0 Å². The topological polar surface area (TPSA) is 115 Å². The molecule has 8 nitrogen and oxygen atoms in total. The van der Waals surface area contributed by atoms with Crippen LogP contribution in [-0.4, -0.2) is 67.9 Å². The number of aromatic hydroxyl groups is 1. The summed E-state index contributed by atoms with van der Waals surface area (Å²) < 4.78 is 0. The molecule has 33 heavy (non-hydrogen) atoms. The van der Waals surface area contributed by atoms with Crippen LogP contribution < -0.4 is 5.32 Å². The Morgan fingerprint density at radius 3 is 2.55 bits per heavy atom. The molecule has 1 amide bonds. The standard InChI is InChI=1S/C23H24N4O2.2CH2O/c1-16-7-4-10-18(13-16)25-14-19-22-17(8-5-11-20(22)26-23(19)29)9-6-12-24-21(28)15-27(2)3;2*1-2/h4-5,7-8,10-11,13-14,26,29H,12,15H2,1-3H3,(H,24,28);2*1H2. The number of carbonyl (C=O) groups is 3. The Kier molecular flexibility index (Phi) is 11.3. The lowest BCUT2D eigenvalue weighted by atomic mass is 10.1. The highest BCUT2D eigenvalue weighted by Gasteiger charge is 2.12. The molecule has 0 unspecified atom stereocenters. The number of likely N-dealkylation sites (N-methyl/N-ethyl adjacent to an activating group) is 1. The van der Waals surface area contributed by atoms with Crippen LogP contribution in [0.25, 0.3) is 10.9 Å². The molecule has 1 heterocycles. The Labute approximate surface area is 193 Å². The van der Waals surface area contributed by atoms with Crippen LogP contribution in [0, 0.1) is 18.8 Å². The van der Waals surface area contributed by atoms with Gasteiger partial charge in [-0.05, 0) is 50.8 Å². The largest absolute Gasteiger partial charge is 0.494 e. The zero-order valence-electron chi connectivity index (χ0n) is 19.0. The van der Waals surface area contributed by atoms with E-state index < -0.39 is 0 Å². The zero-order chi connectivity index (χ0) is 24.8. The van der Waals surface area contributed by atoms with Crippen molar-refractivity contribution >= 4 is 42.3 Å². The summed E-state index contributed by atoms with van der Waals surface area (Å²) in [7, 11) is 3.67. The molecule has 3 rings (SSSR count). The molecule has 172 valence electrons.